The van der Waals surface area contributed by atoms with Crippen molar-refractivity contribution in [1.29, 1.82) is 5.26 Å². The Morgan fingerprint density at radius 1 is 1.28 bits per heavy atom. The van der Waals surface area contributed by atoms with E-state index in [9.17, 15) is 23.2 Å². The van der Waals surface area contributed by atoms with Crippen molar-refractivity contribution < 1.29 is 18.0 Å². The first kappa shape index (κ1) is 24.1. The van der Waals surface area contributed by atoms with Crippen molar-refractivity contribution in [3.05, 3.63) is 63.1 Å². The molecular formula is C26H22F3N5OS. The number of aryl methyl sites for hydroxylation is 1. The molecule has 184 valence electrons. The summed E-state index contributed by atoms with van der Waals surface area (Å²) in [6, 6.07) is 10.8. The molecule has 1 aliphatic heterocycles. The lowest BCUT2D eigenvalue weighted by Gasteiger charge is -2.33. The summed E-state index contributed by atoms with van der Waals surface area (Å²) < 4.78 is 43.0. The van der Waals surface area contributed by atoms with Crippen LogP contribution in [0.25, 0.3) is 11.1 Å². The number of aromatic nitrogens is 2. The molecule has 10 heteroatoms. The Morgan fingerprint density at radius 3 is 2.69 bits per heavy atom. The molecule has 0 spiro atoms. The van der Waals surface area contributed by atoms with Gasteiger partial charge < -0.3 is 10.6 Å². The average molecular weight is 510 g/mol. The van der Waals surface area contributed by atoms with Gasteiger partial charge in [0.05, 0.1) is 12.1 Å². The minimum atomic E-state index is -4.63. The van der Waals surface area contributed by atoms with Crippen LogP contribution >= 0.6 is 11.3 Å². The number of rotatable bonds is 3. The first-order valence-electron chi connectivity index (χ1n) is 11.5. The van der Waals surface area contributed by atoms with E-state index in [0.717, 1.165) is 23.3 Å². The summed E-state index contributed by atoms with van der Waals surface area (Å²) in [6.45, 7) is 2.52. The highest BCUT2D eigenvalue weighted by atomic mass is 32.1. The second kappa shape index (κ2) is 8.81. The molecule has 1 aromatic carbocycles. The largest absolute Gasteiger partial charge is 0.435 e. The second-order valence-electron chi connectivity index (χ2n) is 9.08. The molecule has 0 saturated heterocycles. The molecular weight excluding hydrogens is 487 g/mol. The van der Waals surface area contributed by atoms with Crippen LogP contribution in [-0.2, 0) is 24.1 Å². The maximum atomic E-state index is 13.9. The first-order valence-corrected chi connectivity index (χ1v) is 12.3. The van der Waals surface area contributed by atoms with Gasteiger partial charge in [0.15, 0.2) is 5.69 Å². The molecule has 6 nitrogen and oxygen atoms in total. The van der Waals surface area contributed by atoms with Gasteiger partial charge in [0, 0.05) is 35.6 Å². The lowest BCUT2D eigenvalue weighted by molar-refractivity contribution is -0.141. The van der Waals surface area contributed by atoms with Gasteiger partial charge in [-0.15, -0.1) is 11.3 Å². The standard InChI is InChI=1S/C26H22F3N5OS/c1-2-34-14-21(24(32-34)26(27,28)29)18-6-4-3-5-17(18)20-13-33(23(35)7-8-25(31)9-10-25)15-22-19(20)11-16(12-30)36-22/h3-6,11,14,20H,2,9-10,13,15,31H2,1H3/t20-/m0/s1. The normalized spacial score (nSPS) is 18.1. The van der Waals surface area contributed by atoms with Gasteiger partial charge in [0.25, 0.3) is 5.91 Å². The van der Waals surface area contributed by atoms with Crippen LogP contribution in [0.5, 0.6) is 0 Å². The summed E-state index contributed by atoms with van der Waals surface area (Å²) in [6.07, 6.45) is -1.73. The lowest BCUT2D eigenvalue weighted by atomic mass is 9.83. The van der Waals surface area contributed by atoms with Gasteiger partial charge in [0.2, 0.25) is 0 Å². The van der Waals surface area contributed by atoms with Crippen molar-refractivity contribution in [2.24, 2.45) is 5.73 Å². The van der Waals surface area contributed by atoms with Crippen LogP contribution in [0.1, 0.15) is 52.3 Å². The van der Waals surface area contributed by atoms with Gasteiger partial charge in [-0.05, 0) is 48.4 Å². The van der Waals surface area contributed by atoms with Crippen LogP contribution in [0.2, 0.25) is 0 Å². The third kappa shape index (κ3) is 4.50. The van der Waals surface area contributed by atoms with E-state index in [0.29, 0.717) is 22.5 Å². The molecule has 2 N–H and O–H groups in total. The highest BCUT2D eigenvalue weighted by molar-refractivity contribution is 7.12. The van der Waals surface area contributed by atoms with Gasteiger partial charge >= 0.3 is 6.18 Å². The Balaban J connectivity index is 1.61. The number of nitrogens with two attached hydrogens (primary N) is 1. The van der Waals surface area contributed by atoms with Gasteiger partial charge in [-0.25, -0.2) is 0 Å². The number of thiophene rings is 1. The predicted molar refractivity (Wildman–Crippen MR) is 129 cm³/mol. The quantitative estimate of drug-likeness (QED) is 0.527. The molecule has 36 heavy (non-hydrogen) atoms. The van der Waals surface area contributed by atoms with Gasteiger partial charge in [-0.2, -0.15) is 23.5 Å². The minimum absolute atomic E-state index is 0.0146. The minimum Gasteiger partial charge on any atom is -0.326 e. The van der Waals surface area contributed by atoms with E-state index in [-0.39, 0.29) is 24.6 Å². The number of hydrogen-bond acceptors (Lipinski definition) is 5. The van der Waals surface area contributed by atoms with E-state index in [1.807, 2.05) is 0 Å². The number of halogens is 3. The van der Waals surface area contributed by atoms with Crippen LogP contribution in [0.15, 0.2) is 36.5 Å². The van der Waals surface area contributed by atoms with E-state index in [4.69, 9.17) is 5.73 Å². The number of nitriles is 1. The van der Waals surface area contributed by atoms with Crippen molar-refractivity contribution in [3.8, 4) is 29.0 Å². The highest BCUT2D eigenvalue weighted by Crippen LogP contribution is 2.44. The number of carbonyl (C=O) groups excluding carboxylic acids is 1. The van der Waals surface area contributed by atoms with Crippen LogP contribution in [-0.4, -0.2) is 32.7 Å². The van der Waals surface area contributed by atoms with Crippen molar-refractivity contribution in [2.75, 3.05) is 6.54 Å². The smallest absolute Gasteiger partial charge is 0.326 e. The van der Waals surface area contributed by atoms with Gasteiger partial charge in [0.1, 0.15) is 10.9 Å². The fourth-order valence-electron chi connectivity index (χ4n) is 4.45. The van der Waals surface area contributed by atoms with Gasteiger partial charge in [-0.3, -0.25) is 9.48 Å². The lowest BCUT2D eigenvalue weighted by Crippen LogP contribution is -2.37. The first-order chi connectivity index (χ1) is 17.1. The third-order valence-electron chi connectivity index (χ3n) is 6.54. The van der Waals surface area contributed by atoms with Crippen LogP contribution in [0.3, 0.4) is 0 Å². The Morgan fingerprint density at radius 2 is 2.03 bits per heavy atom. The van der Waals surface area contributed by atoms with Crippen LogP contribution < -0.4 is 5.73 Å². The SMILES string of the molecule is CCn1cc(-c2ccccc2[C@@H]2CN(C(=O)C#CC3(N)CC3)Cc3sc(C#N)cc32)c(C(F)(F)F)n1. The molecule has 1 atom stereocenters. The molecule has 3 heterocycles. The van der Waals surface area contributed by atoms with E-state index in [1.54, 1.807) is 42.2 Å². The number of alkyl halides is 3. The Labute approximate surface area is 210 Å². The molecule has 2 aliphatic rings. The summed E-state index contributed by atoms with van der Waals surface area (Å²) in [4.78, 5) is 15.9. The second-order valence-corrected chi connectivity index (χ2v) is 10.2. The number of benzene rings is 1. The van der Waals surface area contributed by atoms with E-state index < -0.39 is 23.3 Å². The predicted octanol–water partition coefficient (Wildman–Crippen LogP) is 4.49. The molecule has 5 rings (SSSR count). The Hall–Kier alpha value is -3.60. The third-order valence-corrected chi connectivity index (χ3v) is 7.58. The fraction of sp³-hybridized carbons (Fsp3) is 0.346. The summed E-state index contributed by atoms with van der Waals surface area (Å²) in [7, 11) is 0. The maximum absolute atomic E-state index is 13.9. The summed E-state index contributed by atoms with van der Waals surface area (Å²) in [5.74, 6) is 4.68. The molecule has 0 radical (unpaired) electrons. The Bertz CT molecular complexity index is 1450. The summed E-state index contributed by atoms with van der Waals surface area (Å²) in [5.41, 5.74) is 6.30. The number of carbonyl (C=O) groups is 1. The molecule has 0 bridgehead atoms. The number of amides is 1. The zero-order valence-electron chi connectivity index (χ0n) is 19.4. The van der Waals surface area contributed by atoms with E-state index in [2.05, 4.69) is 23.0 Å². The molecule has 0 unspecified atom stereocenters. The molecule has 3 aromatic rings. The van der Waals surface area contributed by atoms with Crippen LogP contribution in [0.4, 0.5) is 13.2 Å². The molecule has 1 amide bonds. The summed E-state index contributed by atoms with van der Waals surface area (Å²) >= 11 is 1.28. The van der Waals surface area contributed by atoms with Crippen LogP contribution in [0, 0.1) is 23.2 Å². The summed E-state index contributed by atoms with van der Waals surface area (Å²) in [5, 5.41) is 13.3. The molecule has 1 saturated carbocycles. The average Bonchev–Trinajstić information content (AvgIpc) is 3.25. The number of hydrogen-bond donors (Lipinski definition) is 1. The van der Waals surface area contributed by atoms with E-state index >= 15 is 0 Å². The maximum Gasteiger partial charge on any atom is 0.435 e. The van der Waals surface area contributed by atoms with Crippen molar-refractivity contribution in [1.82, 2.24) is 14.7 Å². The zero-order valence-corrected chi connectivity index (χ0v) is 20.2. The number of nitrogens with zero attached hydrogens (tertiary/aromatic N) is 4. The van der Waals surface area contributed by atoms with E-state index in [1.165, 1.54) is 22.2 Å². The zero-order chi connectivity index (χ0) is 25.7. The Kier molecular flexibility index (Phi) is 5.90. The molecule has 2 aromatic heterocycles. The number of fused-ring (bicyclic) bond motifs is 1. The highest BCUT2D eigenvalue weighted by Gasteiger charge is 2.40. The van der Waals surface area contributed by atoms with Crippen molar-refractivity contribution >= 4 is 17.2 Å². The van der Waals surface area contributed by atoms with Gasteiger partial charge in [-0.1, -0.05) is 30.2 Å². The monoisotopic (exact) mass is 509 g/mol. The topological polar surface area (TPSA) is 87.9 Å². The van der Waals surface area contributed by atoms with Crippen molar-refractivity contribution in [3.63, 3.8) is 0 Å². The fourth-order valence-corrected chi connectivity index (χ4v) is 5.48. The molecule has 1 fully saturated rings. The molecule has 1 aliphatic carbocycles. The van der Waals surface area contributed by atoms with Crippen molar-refractivity contribution in [2.45, 2.75) is 50.5 Å².